The second kappa shape index (κ2) is 11.2. The minimum Gasteiger partial charge on any atom is -0.378 e. The van der Waals surface area contributed by atoms with Crippen LogP contribution in [0.4, 0.5) is 16.0 Å². The number of hydrogen-bond donors (Lipinski definition) is 4. The summed E-state index contributed by atoms with van der Waals surface area (Å²) < 4.78 is 21.0. The van der Waals surface area contributed by atoms with E-state index in [1.807, 2.05) is 4.90 Å². The van der Waals surface area contributed by atoms with Crippen molar-refractivity contribution in [1.82, 2.24) is 25.8 Å². The van der Waals surface area contributed by atoms with E-state index in [2.05, 4.69) is 25.7 Å². The van der Waals surface area contributed by atoms with E-state index in [1.165, 1.54) is 0 Å². The van der Waals surface area contributed by atoms with Crippen molar-refractivity contribution in [3.8, 4) is 0 Å². The third-order valence-electron chi connectivity index (χ3n) is 7.01. The number of anilines is 2. The van der Waals surface area contributed by atoms with Crippen LogP contribution in [0.25, 0.3) is 0 Å². The Bertz CT molecular complexity index is 883. The molecule has 2 saturated heterocycles. The summed E-state index contributed by atoms with van der Waals surface area (Å²) >= 11 is 0. The lowest BCUT2D eigenvalue weighted by Gasteiger charge is -2.44. The normalized spacial score (nSPS) is 22.2. The summed E-state index contributed by atoms with van der Waals surface area (Å²) in [6, 6.07) is 0.183. The molecule has 0 radical (unpaired) electrons. The van der Waals surface area contributed by atoms with E-state index in [4.69, 9.17) is 9.94 Å². The molecule has 1 aromatic heterocycles. The number of aromatic nitrogens is 2. The molecule has 0 unspecified atom stereocenters. The van der Waals surface area contributed by atoms with Crippen molar-refractivity contribution < 1.29 is 23.9 Å². The average Bonchev–Trinajstić information content (AvgIpc) is 3.36. The Morgan fingerprint density at radius 1 is 1.24 bits per heavy atom. The van der Waals surface area contributed by atoms with Gasteiger partial charge in [-0.25, -0.2) is 15.4 Å². The lowest BCUT2D eigenvalue weighted by atomic mass is 9.90. The number of nitrogens with one attached hydrogen (secondary N) is 3. The van der Waals surface area contributed by atoms with E-state index in [-0.39, 0.29) is 24.1 Å². The highest BCUT2D eigenvalue weighted by molar-refractivity contribution is 5.86. The van der Waals surface area contributed by atoms with E-state index >= 15 is 4.39 Å². The van der Waals surface area contributed by atoms with E-state index in [1.54, 1.807) is 12.4 Å². The standard InChI is InChI=1S/C22H34FN7O4/c1-14-24-20(19(23)21(25-14)30-7-6-29-8-9-34-13-17(29)12-30)26-27-22(32)16(11-18(31)28-33)10-15-4-2-3-5-15/h15-17,33H,2-13H2,1H3,(H,27,32)(H,28,31)(H,24,25,26)/t16-,17+/m1/s1. The zero-order chi connectivity index (χ0) is 24.1. The molecule has 34 heavy (non-hydrogen) atoms. The molecule has 1 saturated carbocycles. The fraction of sp³-hybridized carbons (Fsp3) is 0.727. The number of hydrogen-bond acceptors (Lipinski definition) is 9. The van der Waals surface area contributed by atoms with Gasteiger partial charge in [0.1, 0.15) is 5.82 Å². The first kappa shape index (κ1) is 24.6. The van der Waals surface area contributed by atoms with Crippen LogP contribution in [0.5, 0.6) is 0 Å². The van der Waals surface area contributed by atoms with E-state index < -0.39 is 23.5 Å². The van der Waals surface area contributed by atoms with Gasteiger partial charge in [-0.2, -0.15) is 4.39 Å². The van der Waals surface area contributed by atoms with Crippen LogP contribution in [0.3, 0.4) is 0 Å². The van der Waals surface area contributed by atoms with Gasteiger partial charge >= 0.3 is 0 Å². The first-order chi connectivity index (χ1) is 16.4. The Balaban J connectivity index is 1.42. The molecule has 1 aromatic rings. The third kappa shape index (κ3) is 5.91. The van der Waals surface area contributed by atoms with Crippen LogP contribution in [-0.4, -0.2) is 77.3 Å². The molecule has 2 amide bonds. The van der Waals surface area contributed by atoms with Gasteiger partial charge in [0, 0.05) is 38.5 Å². The molecule has 1 aliphatic carbocycles. The van der Waals surface area contributed by atoms with Crippen LogP contribution >= 0.6 is 0 Å². The first-order valence-corrected chi connectivity index (χ1v) is 12.0. The highest BCUT2D eigenvalue weighted by Crippen LogP contribution is 2.31. The van der Waals surface area contributed by atoms with Crippen molar-refractivity contribution in [2.75, 3.05) is 49.7 Å². The summed E-state index contributed by atoms with van der Waals surface area (Å²) in [6.45, 7) is 5.89. The molecular formula is C22H34FN7O4. The second-order valence-electron chi connectivity index (χ2n) is 9.40. The molecule has 0 bridgehead atoms. The topological polar surface area (TPSA) is 132 Å². The number of morpholine rings is 1. The fourth-order valence-corrected chi connectivity index (χ4v) is 5.20. The van der Waals surface area contributed by atoms with Gasteiger partial charge < -0.3 is 9.64 Å². The summed E-state index contributed by atoms with van der Waals surface area (Å²) in [5.74, 6) is -1.56. The number of hydrazine groups is 1. The average molecular weight is 480 g/mol. The maximum Gasteiger partial charge on any atom is 0.244 e. The number of carbonyl (C=O) groups excluding carboxylic acids is 2. The van der Waals surface area contributed by atoms with Crippen molar-refractivity contribution in [2.24, 2.45) is 11.8 Å². The van der Waals surface area contributed by atoms with Crippen LogP contribution in [-0.2, 0) is 14.3 Å². The van der Waals surface area contributed by atoms with Gasteiger partial charge in [0.15, 0.2) is 11.6 Å². The highest BCUT2D eigenvalue weighted by atomic mass is 19.1. The summed E-state index contributed by atoms with van der Waals surface area (Å²) in [5, 5.41) is 8.90. The number of aryl methyl sites for hydroxylation is 1. The molecule has 2 atom stereocenters. The second-order valence-corrected chi connectivity index (χ2v) is 9.40. The van der Waals surface area contributed by atoms with Gasteiger partial charge in [0.05, 0.1) is 19.3 Å². The zero-order valence-electron chi connectivity index (χ0n) is 19.6. The van der Waals surface area contributed by atoms with Crippen molar-refractivity contribution in [2.45, 2.75) is 51.5 Å². The highest BCUT2D eigenvalue weighted by Gasteiger charge is 2.32. The minimum atomic E-state index is -0.646. The molecule has 4 N–H and O–H groups in total. The SMILES string of the molecule is Cc1nc(NNC(=O)[C@@H](CC(=O)NO)CC2CCCC2)c(F)c(N2CCN3CCOC[C@@H]3C2)n1. The quantitative estimate of drug-likeness (QED) is 0.318. The smallest absolute Gasteiger partial charge is 0.244 e. The maximum atomic E-state index is 15.4. The van der Waals surface area contributed by atoms with Crippen LogP contribution < -0.4 is 21.2 Å². The molecule has 11 nitrogen and oxygen atoms in total. The minimum absolute atomic E-state index is 0.121. The molecular weight excluding hydrogens is 445 g/mol. The third-order valence-corrected chi connectivity index (χ3v) is 7.01. The Morgan fingerprint density at radius 2 is 2.03 bits per heavy atom. The Labute approximate surface area is 198 Å². The van der Waals surface area contributed by atoms with Gasteiger partial charge in [0.2, 0.25) is 17.6 Å². The Hall–Kier alpha value is -2.57. The maximum absolute atomic E-state index is 15.4. The summed E-state index contributed by atoms with van der Waals surface area (Å²) in [5.41, 5.74) is 6.71. The molecule has 12 heteroatoms. The van der Waals surface area contributed by atoms with Gasteiger partial charge in [-0.15, -0.1) is 0 Å². The number of nitrogens with zero attached hydrogens (tertiary/aromatic N) is 4. The van der Waals surface area contributed by atoms with Gasteiger partial charge in [-0.05, 0) is 19.3 Å². The number of fused-ring (bicyclic) bond motifs is 1. The van der Waals surface area contributed by atoms with Gasteiger partial charge in [-0.1, -0.05) is 25.7 Å². The monoisotopic (exact) mass is 479 g/mol. The first-order valence-electron chi connectivity index (χ1n) is 12.0. The van der Waals surface area contributed by atoms with Crippen LogP contribution in [0, 0.1) is 24.6 Å². The Morgan fingerprint density at radius 3 is 2.79 bits per heavy atom. The number of hydroxylamine groups is 1. The van der Waals surface area contributed by atoms with Gasteiger partial charge in [-0.3, -0.25) is 30.5 Å². The van der Waals surface area contributed by atoms with E-state index in [9.17, 15) is 9.59 Å². The molecule has 3 aliphatic rings. The lowest BCUT2D eigenvalue weighted by Crippen LogP contribution is -2.58. The largest absolute Gasteiger partial charge is 0.378 e. The molecule has 0 spiro atoms. The molecule has 4 rings (SSSR count). The number of halogens is 1. The molecule has 2 aliphatic heterocycles. The number of amides is 2. The summed E-state index contributed by atoms with van der Waals surface area (Å²) in [4.78, 5) is 37.3. The van der Waals surface area contributed by atoms with Crippen molar-refractivity contribution in [3.05, 3.63) is 11.6 Å². The van der Waals surface area contributed by atoms with E-state index in [0.717, 1.165) is 38.8 Å². The van der Waals surface area contributed by atoms with Crippen molar-refractivity contribution in [3.63, 3.8) is 0 Å². The Kier molecular flexibility index (Phi) is 8.11. The molecule has 0 aromatic carbocycles. The number of rotatable bonds is 8. The van der Waals surface area contributed by atoms with Crippen LogP contribution in [0.15, 0.2) is 0 Å². The fourth-order valence-electron chi connectivity index (χ4n) is 5.20. The summed E-state index contributed by atoms with van der Waals surface area (Å²) in [6.07, 6.45) is 4.63. The predicted molar refractivity (Wildman–Crippen MR) is 121 cm³/mol. The van der Waals surface area contributed by atoms with Crippen molar-refractivity contribution in [1.29, 1.82) is 0 Å². The van der Waals surface area contributed by atoms with E-state index in [0.29, 0.717) is 44.5 Å². The molecule has 3 heterocycles. The molecule has 188 valence electrons. The predicted octanol–water partition coefficient (Wildman–Crippen LogP) is 0.980. The molecule has 3 fully saturated rings. The zero-order valence-corrected chi connectivity index (χ0v) is 19.6. The summed E-state index contributed by atoms with van der Waals surface area (Å²) in [7, 11) is 0. The van der Waals surface area contributed by atoms with Crippen LogP contribution in [0.1, 0.15) is 44.3 Å². The number of ether oxygens (including phenoxy) is 1. The number of carbonyl (C=O) groups is 2. The van der Waals surface area contributed by atoms with Crippen LogP contribution in [0.2, 0.25) is 0 Å². The van der Waals surface area contributed by atoms with Crippen molar-refractivity contribution >= 4 is 23.5 Å². The number of piperazine rings is 1. The lowest BCUT2D eigenvalue weighted by molar-refractivity contribution is -0.135. The van der Waals surface area contributed by atoms with Gasteiger partial charge in [0.25, 0.3) is 0 Å².